The Bertz CT molecular complexity index is 400. The molecule has 0 amide bonds. The second-order valence-corrected chi connectivity index (χ2v) is 3.65. The van der Waals surface area contributed by atoms with Gasteiger partial charge in [-0.3, -0.25) is 10.1 Å². The van der Waals surface area contributed by atoms with Gasteiger partial charge in [-0.05, 0) is 12.1 Å². The zero-order valence-corrected chi connectivity index (χ0v) is 8.13. The monoisotopic (exact) mass is 207 g/mol. The number of benzene rings is 1. The van der Waals surface area contributed by atoms with Crippen molar-refractivity contribution in [3.05, 3.63) is 44.9 Å². The molecule has 1 aromatic carbocycles. The highest BCUT2D eigenvalue weighted by atomic mass is 16.6. The molecule has 0 bridgehead atoms. The van der Waals surface area contributed by atoms with Gasteiger partial charge in [-0.15, -0.1) is 0 Å². The van der Waals surface area contributed by atoms with Crippen LogP contribution in [-0.2, 0) is 0 Å². The summed E-state index contributed by atoms with van der Waals surface area (Å²) >= 11 is 0. The highest BCUT2D eigenvalue weighted by Gasteiger charge is 2.33. The first kappa shape index (κ1) is 9.76. The van der Waals surface area contributed by atoms with E-state index in [0.29, 0.717) is 6.54 Å². The number of nitro benzene ring substituents is 1. The Hall–Kier alpha value is -1.78. The highest BCUT2D eigenvalue weighted by molar-refractivity contribution is 5.33. The SMILES string of the molecule is O=[N+]([O-])c1ccc(C2CCC[N+]2=O)cc1. The third kappa shape index (κ3) is 1.86. The summed E-state index contributed by atoms with van der Waals surface area (Å²) in [5.41, 5.74) is 0.933. The molecule has 5 heteroatoms. The summed E-state index contributed by atoms with van der Waals surface area (Å²) in [6.45, 7) is 0.557. The van der Waals surface area contributed by atoms with Crippen LogP contribution in [0.4, 0.5) is 5.69 Å². The molecule has 78 valence electrons. The maximum Gasteiger partial charge on any atom is 0.269 e. The molecule has 1 atom stereocenters. The Labute approximate surface area is 86.4 Å². The van der Waals surface area contributed by atoms with E-state index in [1.54, 1.807) is 12.1 Å². The molecule has 0 N–H and O–H groups in total. The highest BCUT2D eigenvalue weighted by Crippen LogP contribution is 2.28. The van der Waals surface area contributed by atoms with Gasteiger partial charge in [0.25, 0.3) is 5.69 Å². The summed E-state index contributed by atoms with van der Waals surface area (Å²) in [7, 11) is 0. The molecule has 1 aromatic rings. The fourth-order valence-corrected chi connectivity index (χ4v) is 1.89. The normalized spacial score (nSPS) is 20.5. The van der Waals surface area contributed by atoms with E-state index in [4.69, 9.17) is 0 Å². The van der Waals surface area contributed by atoms with Crippen LogP contribution in [0.3, 0.4) is 0 Å². The third-order valence-electron chi connectivity index (χ3n) is 2.69. The molecule has 0 aromatic heterocycles. The Morgan fingerprint density at radius 1 is 1.33 bits per heavy atom. The van der Waals surface area contributed by atoms with Gasteiger partial charge in [-0.2, -0.15) is 0 Å². The zero-order valence-electron chi connectivity index (χ0n) is 8.13. The van der Waals surface area contributed by atoms with E-state index in [0.717, 1.165) is 23.2 Å². The van der Waals surface area contributed by atoms with Crippen molar-refractivity contribution in [1.82, 2.24) is 0 Å². The van der Waals surface area contributed by atoms with Crippen molar-refractivity contribution >= 4 is 5.69 Å². The minimum Gasteiger partial charge on any atom is -0.258 e. The van der Waals surface area contributed by atoms with Gasteiger partial charge < -0.3 is 0 Å². The van der Waals surface area contributed by atoms with Gasteiger partial charge in [0, 0.05) is 40.2 Å². The summed E-state index contributed by atoms with van der Waals surface area (Å²) in [5, 5.41) is 10.4. The van der Waals surface area contributed by atoms with E-state index >= 15 is 0 Å². The number of nitro groups is 1. The van der Waals surface area contributed by atoms with Crippen LogP contribution in [0.1, 0.15) is 24.4 Å². The van der Waals surface area contributed by atoms with Crippen molar-refractivity contribution in [2.24, 2.45) is 0 Å². The van der Waals surface area contributed by atoms with Gasteiger partial charge in [0.15, 0.2) is 6.54 Å². The van der Waals surface area contributed by atoms with Gasteiger partial charge in [0.05, 0.1) is 4.92 Å². The molecular weight excluding hydrogens is 196 g/mol. The van der Waals surface area contributed by atoms with E-state index in [1.165, 1.54) is 12.1 Å². The first-order valence-corrected chi connectivity index (χ1v) is 4.86. The van der Waals surface area contributed by atoms with Gasteiger partial charge in [0.2, 0.25) is 6.04 Å². The third-order valence-corrected chi connectivity index (χ3v) is 2.69. The zero-order chi connectivity index (χ0) is 10.8. The van der Waals surface area contributed by atoms with Crippen LogP contribution in [-0.4, -0.2) is 16.2 Å². The van der Waals surface area contributed by atoms with Crippen LogP contribution in [0, 0.1) is 15.0 Å². The second-order valence-electron chi connectivity index (χ2n) is 3.65. The molecule has 5 nitrogen and oxygen atoms in total. The molecule has 1 aliphatic rings. The predicted molar refractivity (Wildman–Crippen MR) is 53.6 cm³/mol. The Balaban J connectivity index is 2.23. The minimum atomic E-state index is -0.437. The maximum atomic E-state index is 11.4. The van der Waals surface area contributed by atoms with Gasteiger partial charge in [-0.25, -0.2) is 0 Å². The Kier molecular flexibility index (Phi) is 2.45. The number of non-ortho nitro benzene ring substituents is 1. The maximum absolute atomic E-state index is 11.4. The van der Waals surface area contributed by atoms with Gasteiger partial charge >= 0.3 is 0 Å². The molecule has 0 spiro atoms. The molecule has 0 saturated carbocycles. The van der Waals surface area contributed by atoms with Gasteiger partial charge in [0.1, 0.15) is 0 Å². The van der Waals surface area contributed by atoms with Crippen molar-refractivity contribution in [2.75, 3.05) is 6.54 Å². The van der Waals surface area contributed by atoms with Gasteiger partial charge in [-0.1, -0.05) is 0 Å². The number of rotatable bonds is 2. The molecule has 1 saturated heterocycles. The molecule has 1 heterocycles. The van der Waals surface area contributed by atoms with E-state index in [1.807, 2.05) is 0 Å². The summed E-state index contributed by atoms with van der Waals surface area (Å²) in [6.07, 6.45) is 1.73. The average Bonchev–Trinajstić information content (AvgIpc) is 2.65. The van der Waals surface area contributed by atoms with Crippen molar-refractivity contribution in [3.8, 4) is 0 Å². The first-order valence-electron chi connectivity index (χ1n) is 4.86. The lowest BCUT2D eigenvalue weighted by molar-refractivity contribution is -0.570. The number of hydrogen-bond acceptors (Lipinski definition) is 3. The van der Waals surface area contributed by atoms with Crippen molar-refractivity contribution in [1.29, 1.82) is 0 Å². The van der Waals surface area contributed by atoms with E-state index in [9.17, 15) is 15.0 Å². The van der Waals surface area contributed by atoms with Crippen LogP contribution in [0.25, 0.3) is 0 Å². The summed E-state index contributed by atoms with van der Waals surface area (Å²) in [6, 6.07) is 6.10. The van der Waals surface area contributed by atoms with E-state index < -0.39 is 4.92 Å². The smallest absolute Gasteiger partial charge is 0.258 e. The quantitative estimate of drug-likeness (QED) is 0.424. The molecule has 15 heavy (non-hydrogen) atoms. The topological polar surface area (TPSA) is 63.2 Å². The minimum absolute atomic E-state index is 0.0641. The lowest BCUT2D eigenvalue weighted by Gasteiger charge is -2.01. The van der Waals surface area contributed by atoms with Crippen molar-refractivity contribution in [3.63, 3.8) is 0 Å². The summed E-state index contributed by atoms with van der Waals surface area (Å²) in [5.74, 6) is 0. The lowest BCUT2D eigenvalue weighted by Crippen LogP contribution is -2.07. The Morgan fingerprint density at radius 2 is 2.00 bits per heavy atom. The van der Waals surface area contributed by atoms with Crippen molar-refractivity contribution in [2.45, 2.75) is 18.9 Å². The standard InChI is InChI=1S/C10H11N2O3/c13-11-7-1-2-10(11)8-3-5-9(6-4-8)12(14)15/h3-6,10H,1-2,7H2/q+1. The van der Waals surface area contributed by atoms with Crippen molar-refractivity contribution < 1.29 is 9.68 Å². The largest absolute Gasteiger partial charge is 0.269 e. The molecule has 1 aliphatic heterocycles. The van der Waals surface area contributed by atoms with Crippen LogP contribution in [0.15, 0.2) is 24.3 Å². The second kappa shape index (κ2) is 3.76. The predicted octanol–water partition coefficient (Wildman–Crippen LogP) is 2.21. The Morgan fingerprint density at radius 3 is 2.47 bits per heavy atom. The summed E-state index contributed by atoms with van der Waals surface area (Å²) < 4.78 is 1.04. The van der Waals surface area contributed by atoms with Crippen LogP contribution >= 0.6 is 0 Å². The van der Waals surface area contributed by atoms with Crippen LogP contribution < -0.4 is 0 Å². The van der Waals surface area contributed by atoms with Crippen LogP contribution in [0.5, 0.6) is 0 Å². The van der Waals surface area contributed by atoms with E-state index in [2.05, 4.69) is 0 Å². The molecule has 1 fully saturated rings. The average molecular weight is 207 g/mol. The lowest BCUT2D eigenvalue weighted by atomic mass is 10.1. The molecule has 0 radical (unpaired) electrons. The fraction of sp³-hybridized carbons (Fsp3) is 0.400. The molecule has 1 unspecified atom stereocenters. The summed E-state index contributed by atoms with van der Waals surface area (Å²) in [4.78, 5) is 21.4. The number of nitroso groups, excluding NO2 is 1. The number of hydrogen-bond donors (Lipinski definition) is 0. The fourth-order valence-electron chi connectivity index (χ4n) is 1.89. The van der Waals surface area contributed by atoms with E-state index in [-0.39, 0.29) is 11.7 Å². The first-order chi connectivity index (χ1) is 7.18. The molecule has 2 rings (SSSR count). The molecular formula is C10H11N2O3+. The van der Waals surface area contributed by atoms with Crippen LogP contribution in [0.2, 0.25) is 0 Å². The molecule has 0 aliphatic carbocycles. The number of nitrogens with zero attached hydrogens (tertiary/aromatic N) is 2.